The van der Waals surface area contributed by atoms with Crippen LogP contribution in [0.4, 0.5) is 5.13 Å². The van der Waals surface area contributed by atoms with Gasteiger partial charge in [-0.25, -0.2) is 4.98 Å². The number of fused-ring (bicyclic) bond motifs is 1. The summed E-state index contributed by atoms with van der Waals surface area (Å²) in [6.45, 7) is 7.41. The van der Waals surface area contributed by atoms with Crippen LogP contribution >= 0.6 is 11.3 Å². The van der Waals surface area contributed by atoms with Crippen molar-refractivity contribution in [2.75, 3.05) is 11.9 Å². The number of thiazole rings is 1. The Morgan fingerprint density at radius 3 is 2.87 bits per heavy atom. The molecule has 1 heterocycles. The van der Waals surface area contributed by atoms with Crippen molar-refractivity contribution in [3.05, 3.63) is 23.3 Å². The fourth-order valence-electron chi connectivity index (χ4n) is 1.68. The number of benzene rings is 1. The van der Waals surface area contributed by atoms with E-state index in [0.29, 0.717) is 0 Å². The maximum atomic E-state index is 4.60. The molecule has 0 atom stereocenters. The van der Waals surface area contributed by atoms with Crippen LogP contribution in [0.25, 0.3) is 10.2 Å². The predicted molar refractivity (Wildman–Crippen MR) is 67.9 cm³/mol. The zero-order valence-electron chi connectivity index (χ0n) is 9.42. The van der Waals surface area contributed by atoms with Crippen molar-refractivity contribution >= 4 is 26.7 Å². The van der Waals surface area contributed by atoms with Gasteiger partial charge >= 0.3 is 0 Å². The van der Waals surface area contributed by atoms with E-state index in [1.807, 2.05) is 0 Å². The van der Waals surface area contributed by atoms with Gasteiger partial charge in [-0.15, -0.1) is 0 Å². The highest BCUT2D eigenvalue weighted by Gasteiger charge is 2.05. The second-order valence-corrected chi connectivity index (χ2v) is 4.91. The molecular formula is C12H16N2S. The quantitative estimate of drug-likeness (QED) is 0.852. The standard InChI is InChI=1S/C12H16N2S/c1-4-5-13-12-14-11-9(3)6-8(2)7-10(11)15-12/h6-7H,4-5H2,1-3H3,(H,13,14). The van der Waals surface area contributed by atoms with E-state index >= 15 is 0 Å². The average Bonchev–Trinajstić information content (AvgIpc) is 2.57. The van der Waals surface area contributed by atoms with Gasteiger partial charge in [0.2, 0.25) is 0 Å². The first-order valence-corrected chi connectivity index (χ1v) is 6.14. The van der Waals surface area contributed by atoms with Crippen LogP contribution < -0.4 is 5.32 Å². The van der Waals surface area contributed by atoms with Crippen LogP contribution in [0.1, 0.15) is 24.5 Å². The monoisotopic (exact) mass is 220 g/mol. The van der Waals surface area contributed by atoms with Gasteiger partial charge in [-0.2, -0.15) is 0 Å². The van der Waals surface area contributed by atoms with Crippen molar-refractivity contribution < 1.29 is 0 Å². The highest BCUT2D eigenvalue weighted by Crippen LogP contribution is 2.29. The first-order valence-electron chi connectivity index (χ1n) is 5.32. The van der Waals surface area contributed by atoms with Crippen LogP contribution in [0.2, 0.25) is 0 Å². The lowest BCUT2D eigenvalue weighted by atomic mass is 10.1. The summed E-state index contributed by atoms with van der Waals surface area (Å²) in [6.07, 6.45) is 1.13. The second-order valence-electron chi connectivity index (χ2n) is 3.87. The molecule has 3 heteroatoms. The Morgan fingerprint density at radius 1 is 1.33 bits per heavy atom. The second kappa shape index (κ2) is 4.19. The van der Waals surface area contributed by atoms with Crippen LogP contribution in [-0.4, -0.2) is 11.5 Å². The van der Waals surface area contributed by atoms with Gasteiger partial charge in [0.25, 0.3) is 0 Å². The Kier molecular flexibility index (Phi) is 2.91. The molecule has 0 saturated heterocycles. The molecule has 1 N–H and O–H groups in total. The van der Waals surface area contributed by atoms with Gasteiger partial charge in [0, 0.05) is 6.54 Å². The summed E-state index contributed by atoms with van der Waals surface area (Å²) in [5, 5.41) is 4.38. The number of hydrogen-bond acceptors (Lipinski definition) is 3. The van der Waals surface area contributed by atoms with Gasteiger partial charge in [-0.3, -0.25) is 0 Å². The van der Waals surface area contributed by atoms with Crippen molar-refractivity contribution in [1.82, 2.24) is 4.98 Å². The minimum atomic E-state index is 0.998. The molecule has 1 aromatic heterocycles. The molecule has 0 aliphatic rings. The van der Waals surface area contributed by atoms with E-state index in [0.717, 1.165) is 23.6 Å². The van der Waals surface area contributed by atoms with Gasteiger partial charge < -0.3 is 5.32 Å². The van der Waals surface area contributed by atoms with E-state index in [2.05, 4.69) is 43.2 Å². The maximum Gasteiger partial charge on any atom is 0.183 e. The maximum absolute atomic E-state index is 4.60. The first-order chi connectivity index (χ1) is 7.20. The lowest BCUT2D eigenvalue weighted by Gasteiger charge is -1.96. The van der Waals surface area contributed by atoms with Gasteiger partial charge in [0.15, 0.2) is 5.13 Å². The van der Waals surface area contributed by atoms with Crippen LogP contribution in [0.3, 0.4) is 0 Å². The average molecular weight is 220 g/mol. The fourth-order valence-corrected chi connectivity index (χ4v) is 2.75. The number of aryl methyl sites for hydroxylation is 2. The minimum absolute atomic E-state index is 0.998. The molecule has 0 bridgehead atoms. The molecule has 80 valence electrons. The summed E-state index contributed by atoms with van der Waals surface area (Å²) < 4.78 is 1.28. The molecule has 2 nitrogen and oxygen atoms in total. The predicted octanol–water partition coefficient (Wildman–Crippen LogP) is 3.74. The van der Waals surface area contributed by atoms with Crippen LogP contribution in [0.15, 0.2) is 12.1 Å². The SMILES string of the molecule is CCCNc1nc2c(C)cc(C)cc2s1. The van der Waals surface area contributed by atoms with E-state index in [9.17, 15) is 0 Å². The Bertz CT molecular complexity index is 474. The van der Waals surface area contributed by atoms with E-state index < -0.39 is 0 Å². The molecule has 0 spiro atoms. The van der Waals surface area contributed by atoms with Gasteiger partial charge in [-0.1, -0.05) is 24.3 Å². The molecular weight excluding hydrogens is 204 g/mol. The number of aromatic nitrogens is 1. The molecule has 0 aliphatic heterocycles. The van der Waals surface area contributed by atoms with Crippen LogP contribution in [-0.2, 0) is 0 Å². The van der Waals surface area contributed by atoms with Gasteiger partial charge in [-0.05, 0) is 37.5 Å². The third-order valence-corrected chi connectivity index (χ3v) is 3.32. The third kappa shape index (κ3) is 2.12. The molecule has 0 radical (unpaired) electrons. The van der Waals surface area contributed by atoms with Crippen LogP contribution in [0.5, 0.6) is 0 Å². The molecule has 0 unspecified atom stereocenters. The normalized spacial score (nSPS) is 10.9. The third-order valence-electron chi connectivity index (χ3n) is 2.36. The van der Waals surface area contributed by atoms with E-state index in [-0.39, 0.29) is 0 Å². The van der Waals surface area contributed by atoms with Gasteiger partial charge in [0.05, 0.1) is 10.2 Å². The minimum Gasteiger partial charge on any atom is -0.361 e. The van der Waals surface area contributed by atoms with E-state index in [4.69, 9.17) is 0 Å². The molecule has 0 saturated carbocycles. The number of anilines is 1. The number of nitrogens with zero attached hydrogens (tertiary/aromatic N) is 1. The lowest BCUT2D eigenvalue weighted by molar-refractivity contribution is 0.977. The molecule has 1 aromatic carbocycles. The highest BCUT2D eigenvalue weighted by atomic mass is 32.1. The molecule has 2 rings (SSSR count). The van der Waals surface area contributed by atoms with Crippen molar-refractivity contribution in [3.63, 3.8) is 0 Å². The van der Waals surface area contributed by atoms with Crippen molar-refractivity contribution in [2.24, 2.45) is 0 Å². The lowest BCUT2D eigenvalue weighted by Crippen LogP contribution is -1.98. The summed E-state index contributed by atoms with van der Waals surface area (Å²) >= 11 is 1.74. The zero-order valence-corrected chi connectivity index (χ0v) is 10.2. The molecule has 0 aliphatic carbocycles. The fraction of sp³-hybridized carbons (Fsp3) is 0.417. The smallest absolute Gasteiger partial charge is 0.183 e. The summed E-state index contributed by atoms with van der Waals surface area (Å²) in [5.41, 5.74) is 3.72. The number of nitrogens with one attached hydrogen (secondary N) is 1. The molecule has 0 fully saturated rings. The highest BCUT2D eigenvalue weighted by molar-refractivity contribution is 7.22. The molecule has 2 aromatic rings. The Labute approximate surface area is 94.3 Å². The Morgan fingerprint density at radius 2 is 2.13 bits per heavy atom. The van der Waals surface area contributed by atoms with E-state index in [1.165, 1.54) is 15.8 Å². The van der Waals surface area contributed by atoms with Crippen molar-refractivity contribution in [1.29, 1.82) is 0 Å². The number of hydrogen-bond donors (Lipinski definition) is 1. The van der Waals surface area contributed by atoms with E-state index in [1.54, 1.807) is 11.3 Å². The van der Waals surface area contributed by atoms with Gasteiger partial charge in [0.1, 0.15) is 0 Å². The zero-order chi connectivity index (χ0) is 10.8. The first kappa shape index (κ1) is 10.4. The largest absolute Gasteiger partial charge is 0.361 e. The van der Waals surface area contributed by atoms with Crippen molar-refractivity contribution in [2.45, 2.75) is 27.2 Å². The van der Waals surface area contributed by atoms with Crippen molar-refractivity contribution in [3.8, 4) is 0 Å². The number of rotatable bonds is 3. The summed E-state index contributed by atoms with van der Waals surface area (Å²) in [5.74, 6) is 0. The topological polar surface area (TPSA) is 24.9 Å². The molecule has 15 heavy (non-hydrogen) atoms. The summed E-state index contributed by atoms with van der Waals surface area (Å²) in [4.78, 5) is 4.60. The summed E-state index contributed by atoms with van der Waals surface area (Å²) in [6, 6.07) is 4.39. The molecule has 0 amide bonds. The Balaban J connectivity index is 2.41. The van der Waals surface area contributed by atoms with Crippen LogP contribution in [0, 0.1) is 13.8 Å². The Hall–Kier alpha value is -1.09. The summed E-state index contributed by atoms with van der Waals surface area (Å²) in [7, 11) is 0.